The molecule has 2 fully saturated rings. The van der Waals surface area contributed by atoms with Gasteiger partial charge in [-0.05, 0) is 43.0 Å². The van der Waals surface area contributed by atoms with Crippen molar-refractivity contribution in [1.29, 1.82) is 0 Å². The lowest BCUT2D eigenvalue weighted by Crippen LogP contribution is -2.34. The van der Waals surface area contributed by atoms with Gasteiger partial charge in [0.05, 0.1) is 0 Å². The van der Waals surface area contributed by atoms with E-state index in [1.54, 1.807) is 0 Å². The van der Waals surface area contributed by atoms with Crippen LogP contribution in [0.15, 0.2) is 24.3 Å². The Bertz CT molecular complexity index is 451. The highest BCUT2D eigenvalue weighted by Gasteiger charge is 2.31. The summed E-state index contributed by atoms with van der Waals surface area (Å²) in [6.07, 6.45) is 5.22. The number of benzene rings is 1. The summed E-state index contributed by atoms with van der Waals surface area (Å²) in [5.41, 5.74) is 7.37. The molecule has 0 unspecified atom stereocenters. The first-order valence-electron chi connectivity index (χ1n) is 7.16. The second kappa shape index (κ2) is 5.11. The minimum atomic E-state index is 0.150. The van der Waals surface area contributed by atoms with Crippen molar-refractivity contribution in [3.63, 3.8) is 0 Å². The van der Waals surface area contributed by atoms with Crippen LogP contribution in [0.4, 0.5) is 16.2 Å². The Morgan fingerprint density at radius 2 is 1.79 bits per heavy atom. The summed E-state index contributed by atoms with van der Waals surface area (Å²) in [5.74, 6) is 0.718. The number of carbonyl (C=O) groups excluding carboxylic acids is 1. The molecule has 1 heterocycles. The van der Waals surface area contributed by atoms with Gasteiger partial charge >= 0.3 is 6.03 Å². The lowest BCUT2D eigenvalue weighted by atomic mass is 10.1. The first-order chi connectivity index (χ1) is 9.24. The predicted molar refractivity (Wildman–Crippen MR) is 77.1 cm³/mol. The second-order valence-corrected chi connectivity index (χ2v) is 5.62. The molecular weight excluding hydrogens is 238 g/mol. The third-order valence-corrected chi connectivity index (χ3v) is 4.25. The quantitative estimate of drug-likeness (QED) is 0.848. The van der Waals surface area contributed by atoms with E-state index in [0.717, 1.165) is 36.9 Å². The van der Waals surface area contributed by atoms with Crippen LogP contribution in [0.3, 0.4) is 0 Å². The average Bonchev–Trinajstić information content (AvgIpc) is 3.03. The summed E-state index contributed by atoms with van der Waals surface area (Å²) < 4.78 is 0. The van der Waals surface area contributed by atoms with Gasteiger partial charge in [0.15, 0.2) is 0 Å². The molecule has 2 amide bonds. The van der Waals surface area contributed by atoms with Crippen molar-refractivity contribution in [1.82, 2.24) is 4.90 Å². The lowest BCUT2D eigenvalue weighted by Gasteiger charge is -2.21. The largest absolute Gasteiger partial charge is 0.399 e. The molecule has 2 N–H and O–H groups in total. The summed E-state index contributed by atoms with van der Waals surface area (Å²) >= 11 is 0. The Labute approximate surface area is 114 Å². The molecule has 0 spiro atoms. The molecule has 0 atom stereocenters. The van der Waals surface area contributed by atoms with E-state index >= 15 is 0 Å². The fourth-order valence-electron chi connectivity index (χ4n) is 3.15. The summed E-state index contributed by atoms with van der Waals surface area (Å²) in [7, 11) is 0. The van der Waals surface area contributed by atoms with Crippen molar-refractivity contribution in [2.24, 2.45) is 5.92 Å². The minimum absolute atomic E-state index is 0.150. The standard InChI is InChI=1S/C15H21N3O/c16-13-5-7-14(8-6-13)18-10-9-17(15(18)19)11-12-3-1-2-4-12/h5-8,12H,1-4,9-11,16H2. The molecule has 1 saturated heterocycles. The van der Waals surface area contributed by atoms with Gasteiger partial charge in [0.2, 0.25) is 0 Å². The topological polar surface area (TPSA) is 49.6 Å². The van der Waals surface area contributed by atoms with Crippen molar-refractivity contribution >= 4 is 17.4 Å². The number of hydrogen-bond donors (Lipinski definition) is 1. The zero-order valence-corrected chi connectivity index (χ0v) is 11.2. The fraction of sp³-hybridized carbons (Fsp3) is 0.533. The highest BCUT2D eigenvalue weighted by molar-refractivity contribution is 5.94. The molecule has 1 saturated carbocycles. The number of amides is 2. The summed E-state index contributed by atoms with van der Waals surface area (Å²) in [6, 6.07) is 7.69. The van der Waals surface area contributed by atoms with Crippen LogP contribution in [0, 0.1) is 5.92 Å². The van der Waals surface area contributed by atoms with Crippen LogP contribution in [-0.2, 0) is 0 Å². The maximum Gasteiger partial charge on any atom is 0.324 e. The molecular formula is C15H21N3O. The van der Waals surface area contributed by atoms with Crippen molar-refractivity contribution in [3.05, 3.63) is 24.3 Å². The minimum Gasteiger partial charge on any atom is -0.399 e. The zero-order chi connectivity index (χ0) is 13.2. The molecule has 1 aliphatic heterocycles. The second-order valence-electron chi connectivity index (χ2n) is 5.62. The molecule has 3 rings (SSSR count). The van der Waals surface area contributed by atoms with Crippen molar-refractivity contribution in [3.8, 4) is 0 Å². The number of nitrogens with zero attached hydrogens (tertiary/aromatic N) is 2. The van der Waals surface area contributed by atoms with Crippen LogP contribution in [0.2, 0.25) is 0 Å². The van der Waals surface area contributed by atoms with E-state index in [1.807, 2.05) is 34.1 Å². The van der Waals surface area contributed by atoms with Gasteiger partial charge in [0.25, 0.3) is 0 Å². The van der Waals surface area contributed by atoms with Gasteiger partial charge < -0.3 is 10.6 Å². The first kappa shape index (κ1) is 12.3. The third kappa shape index (κ3) is 2.53. The maximum atomic E-state index is 12.4. The highest BCUT2D eigenvalue weighted by Crippen LogP contribution is 2.28. The maximum absolute atomic E-state index is 12.4. The first-order valence-corrected chi connectivity index (χ1v) is 7.16. The predicted octanol–water partition coefficient (Wildman–Crippen LogP) is 2.70. The molecule has 1 aromatic rings. The van der Waals surface area contributed by atoms with Crippen LogP contribution >= 0.6 is 0 Å². The highest BCUT2D eigenvalue weighted by atomic mass is 16.2. The third-order valence-electron chi connectivity index (χ3n) is 4.25. The zero-order valence-electron chi connectivity index (χ0n) is 11.2. The number of nitrogen functional groups attached to an aromatic ring is 1. The van der Waals surface area contributed by atoms with Gasteiger partial charge in [-0.1, -0.05) is 12.8 Å². The number of urea groups is 1. The number of hydrogen-bond acceptors (Lipinski definition) is 2. The number of rotatable bonds is 3. The van der Waals surface area contributed by atoms with E-state index in [-0.39, 0.29) is 6.03 Å². The molecule has 4 nitrogen and oxygen atoms in total. The molecule has 0 radical (unpaired) electrons. The van der Waals surface area contributed by atoms with E-state index in [9.17, 15) is 4.79 Å². The van der Waals surface area contributed by atoms with Gasteiger partial charge in [0.1, 0.15) is 0 Å². The summed E-state index contributed by atoms with van der Waals surface area (Å²) in [6.45, 7) is 2.57. The smallest absolute Gasteiger partial charge is 0.324 e. The van der Waals surface area contributed by atoms with Crippen molar-refractivity contribution in [2.75, 3.05) is 30.3 Å². The van der Waals surface area contributed by atoms with Gasteiger partial charge in [-0.25, -0.2) is 4.79 Å². The van der Waals surface area contributed by atoms with E-state index in [1.165, 1.54) is 25.7 Å². The van der Waals surface area contributed by atoms with Crippen LogP contribution in [0.25, 0.3) is 0 Å². The van der Waals surface area contributed by atoms with Crippen LogP contribution < -0.4 is 10.6 Å². The summed E-state index contributed by atoms with van der Waals surface area (Å²) in [5, 5.41) is 0. The van der Waals surface area contributed by atoms with Crippen LogP contribution in [-0.4, -0.2) is 30.6 Å². The molecule has 0 aromatic heterocycles. The SMILES string of the molecule is Nc1ccc(N2CCN(CC3CCCC3)C2=O)cc1. The molecule has 1 aliphatic carbocycles. The fourth-order valence-corrected chi connectivity index (χ4v) is 3.15. The van der Waals surface area contributed by atoms with Gasteiger partial charge in [-0.15, -0.1) is 0 Å². The van der Waals surface area contributed by atoms with Crippen LogP contribution in [0.1, 0.15) is 25.7 Å². The van der Waals surface area contributed by atoms with E-state index < -0.39 is 0 Å². The Morgan fingerprint density at radius 1 is 1.11 bits per heavy atom. The molecule has 2 aliphatic rings. The average molecular weight is 259 g/mol. The van der Waals surface area contributed by atoms with Gasteiger partial charge in [-0.2, -0.15) is 0 Å². The number of nitrogens with two attached hydrogens (primary N) is 1. The molecule has 19 heavy (non-hydrogen) atoms. The monoisotopic (exact) mass is 259 g/mol. The summed E-state index contributed by atoms with van der Waals surface area (Å²) in [4.78, 5) is 16.3. The Morgan fingerprint density at radius 3 is 2.47 bits per heavy atom. The molecule has 4 heteroatoms. The van der Waals surface area contributed by atoms with Crippen LogP contribution in [0.5, 0.6) is 0 Å². The molecule has 102 valence electrons. The van der Waals surface area contributed by atoms with Gasteiger partial charge in [-0.3, -0.25) is 4.90 Å². The van der Waals surface area contributed by atoms with E-state index in [4.69, 9.17) is 5.73 Å². The van der Waals surface area contributed by atoms with Gasteiger partial charge in [0, 0.05) is 31.0 Å². The number of anilines is 2. The van der Waals surface area contributed by atoms with E-state index in [2.05, 4.69) is 0 Å². The Hall–Kier alpha value is -1.71. The van der Waals surface area contributed by atoms with Crippen molar-refractivity contribution in [2.45, 2.75) is 25.7 Å². The molecule has 0 bridgehead atoms. The lowest BCUT2D eigenvalue weighted by molar-refractivity contribution is 0.212. The Kier molecular flexibility index (Phi) is 3.32. The van der Waals surface area contributed by atoms with Crippen molar-refractivity contribution < 1.29 is 4.79 Å². The number of carbonyl (C=O) groups is 1. The Balaban J connectivity index is 1.66. The normalized spacial score (nSPS) is 20.5. The van der Waals surface area contributed by atoms with E-state index in [0.29, 0.717) is 0 Å². The molecule has 1 aromatic carbocycles.